The Morgan fingerprint density at radius 2 is 2.10 bits per heavy atom. The standard InChI is InChI=1S/C14H20F3N3/c1-2-10-4-3-6-20(7-5-10)12-8-13(14(15,16)17)19-9-11(12)18/h8-10H,2-7,18H2,1H3. The van der Waals surface area contributed by atoms with Gasteiger partial charge in [-0.1, -0.05) is 13.3 Å². The predicted octanol–water partition coefficient (Wildman–Crippen LogP) is 3.70. The fourth-order valence-electron chi connectivity index (χ4n) is 2.70. The minimum absolute atomic E-state index is 0.313. The van der Waals surface area contributed by atoms with E-state index >= 15 is 0 Å². The van der Waals surface area contributed by atoms with Gasteiger partial charge in [-0.25, -0.2) is 4.98 Å². The van der Waals surface area contributed by atoms with E-state index in [0.29, 0.717) is 17.3 Å². The van der Waals surface area contributed by atoms with Crippen molar-refractivity contribution in [3.63, 3.8) is 0 Å². The molecule has 3 nitrogen and oxygen atoms in total. The van der Waals surface area contributed by atoms with Gasteiger partial charge in [0.05, 0.1) is 17.6 Å². The summed E-state index contributed by atoms with van der Waals surface area (Å²) in [5, 5.41) is 0. The summed E-state index contributed by atoms with van der Waals surface area (Å²) in [7, 11) is 0. The van der Waals surface area contributed by atoms with Crippen LogP contribution in [0.3, 0.4) is 0 Å². The summed E-state index contributed by atoms with van der Waals surface area (Å²) in [6.07, 6.45) is 0.916. The van der Waals surface area contributed by atoms with Gasteiger partial charge in [0.2, 0.25) is 0 Å². The number of nitrogens with zero attached hydrogens (tertiary/aromatic N) is 2. The Morgan fingerprint density at radius 3 is 2.75 bits per heavy atom. The minimum Gasteiger partial charge on any atom is -0.396 e. The molecule has 1 fully saturated rings. The third-order valence-corrected chi connectivity index (χ3v) is 3.97. The Morgan fingerprint density at radius 1 is 1.35 bits per heavy atom. The molecule has 2 heterocycles. The van der Waals surface area contributed by atoms with E-state index in [2.05, 4.69) is 11.9 Å². The Bertz CT molecular complexity index is 459. The Hall–Kier alpha value is -1.46. The van der Waals surface area contributed by atoms with Crippen molar-refractivity contribution in [2.24, 2.45) is 5.92 Å². The van der Waals surface area contributed by atoms with Crippen LogP contribution in [0, 0.1) is 5.92 Å². The van der Waals surface area contributed by atoms with Crippen molar-refractivity contribution in [2.75, 3.05) is 23.7 Å². The third kappa shape index (κ3) is 3.35. The van der Waals surface area contributed by atoms with Crippen LogP contribution in [0.25, 0.3) is 0 Å². The van der Waals surface area contributed by atoms with E-state index in [4.69, 9.17) is 5.73 Å². The number of aromatic nitrogens is 1. The van der Waals surface area contributed by atoms with Crippen molar-refractivity contribution in [1.82, 2.24) is 4.98 Å². The molecule has 1 saturated heterocycles. The highest BCUT2D eigenvalue weighted by Crippen LogP contribution is 2.34. The summed E-state index contributed by atoms with van der Waals surface area (Å²) in [5.41, 5.74) is 5.71. The molecule has 1 unspecified atom stereocenters. The van der Waals surface area contributed by atoms with Gasteiger partial charge in [-0.15, -0.1) is 0 Å². The highest BCUT2D eigenvalue weighted by atomic mass is 19.4. The quantitative estimate of drug-likeness (QED) is 0.902. The second-order valence-electron chi connectivity index (χ2n) is 5.32. The minimum atomic E-state index is -4.43. The number of pyridine rings is 1. The van der Waals surface area contributed by atoms with Gasteiger partial charge < -0.3 is 10.6 Å². The summed E-state index contributed by atoms with van der Waals surface area (Å²) < 4.78 is 38.2. The van der Waals surface area contributed by atoms with Crippen LogP contribution in [0.15, 0.2) is 12.3 Å². The molecular weight excluding hydrogens is 267 g/mol. The zero-order valence-corrected chi connectivity index (χ0v) is 11.6. The molecule has 6 heteroatoms. The summed E-state index contributed by atoms with van der Waals surface area (Å²) in [5.74, 6) is 0.658. The van der Waals surface area contributed by atoms with Gasteiger partial charge in [0.15, 0.2) is 0 Å². The largest absolute Gasteiger partial charge is 0.433 e. The van der Waals surface area contributed by atoms with Crippen molar-refractivity contribution in [2.45, 2.75) is 38.8 Å². The molecule has 20 heavy (non-hydrogen) atoms. The molecule has 2 N–H and O–H groups in total. The molecule has 0 spiro atoms. The number of nitrogen functional groups attached to an aromatic ring is 1. The normalized spacial score (nSPS) is 20.8. The molecule has 0 aromatic carbocycles. The average Bonchev–Trinajstić information content (AvgIpc) is 2.63. The molecule has 0 saturated carbocycles. The molecule has 112 valence electrons. The Labute approximate surface area is 117 Å². The first-order chi connectivity index (χ1) is 9.41. The van der Waals surface area contributed by atoms with Crippen LogP contribution in [0.4, 0.5) is 24.5 Å². The number of hydrogen-bond donors (Lipinski definition) is 1. The van der Waals surface area contributed by atoms with Crippen LogP contribution in [0.5, 0.6) is 0 Å². The van der Waals surface area contributed by atoms with Gasteiger partial charge in [0.25, 0.3) is 0 Å². The summed E-state index contributed by atoms with van der Waals surface area (Å²) in [6, 6.07) is 1.07. The van der Waals surface area contributed by atoms with E-state index < -0.39 is 11.9 Å². The van der Waals surface area contributed by atoms with Crippen LogP contribution in [0.2, 0.25) is 0 Å². The maximum absolute atomic E-state index is 12.7. The van der Waals surface area contributed by atoms with Crippen LogP contribution in [0.1, 0.15) is 38.3 Å². The summed E-state index contributed by atoms with van der Waals surface area (Å²) >= 11 is 0. The molecule has 0 radical (unpaired) electrons. The first kappa shape index (κ1) is 14.9. The monoisotopic (exact) mass is 287 g/mol. The Kier molecular flexibility index (Phi) is 4.40. The lowest BCUT2D eigenvalue weighted by Gasteiger charge is -2.25. The van der Waals surface area contributed by atoms with Crippen molar-refractivity contribution in [1.29, 1.82) is 0 Å². The molecule has 0 aliphatic carbocycles. The smallest absolute Gasteiger partial charge is 0.396 e. The van der Waals surface area contributed by atoms with Gasteiger partial charge in [-0.2, -0.15) is 13.2 Å². The lowest BCUT2D eigenvalue weighted by atomic mass is 9.98. The van der Waals surface area contributed by atoms with E-state index in [-0.39, 0.29) is 0 Å². The van der Waals surface area contributed by atoms with Crippen molar-refractivity contribution in [3.8, 4) is 0 Å². The molecule has 1 aromatic rings. The second-order valence-corrected chi connectivity index (χ2v) is 5.32. The number of rotatable bonds is 2. The van der Waals surface area contributed by atoms with E-state index in [0.717, 1.165) is 51.0 Å². The van der Waals surface area contributed by atoms with Gasteiger partial charge in [0.1, 0.15) is 5.69 Å². The zero-order valence-electron chi connectivity index (χ0n) is 11.6. The molecular formula is C14H20F3N3. The number of hydrogen-bond acceptors (Lipinski definition) is 3. The first-order valence-corrected chi connectivity index (χ1v) is 6.99. The maximum atomic E-state index is 12.7. The predicted molar refractivity (Wildman–Crippen MR) is 73.5 cm³/mol. The number of anilines is 2. The molecule has 0 amide bonds. The van der Waals surface area contributed by atoms with Crippen molar-refractivity contribution < 1.29 is 13.2 Å². The highest BCUT2D eigenvalue weighted by Gasteiger charge is 2.33. The summed E-state index contributed by atoms with van der Waals surface area (Å²) in [6.45, 7) is 3.66. The van der Waals surface area contributed by atoms with E-state index in [9.17, 15) is 13.2 Å². The van der Waals surface area contributed by atoms with Crippen molar-refractivity contribution in [3.05, 3.63) is 18.0 Å². The molecule has 1 atom stereocenters. The van der Waals surface area contributed by atoms with Crippen LogP contribution in [-0.4, -0.2) is 18.1 Å². The molecule has 2 rings (SSSR count). The van der Waals surface area contributed by atoms with Crippen molar-refractivity contribution >= 4 is 11.4 Å². The number of nitrogens with two attached hydrogens (primary N) is 1. The molecule has 1 aromatic heterocycles. The van der Waals surface area contributed by atoms with Gasteiger partial charge in [-0.05, 0) is 31.2 Å². The maximum Gasteiger partial charge on any atom is 0.433 e. The average molecular weight is 287 g/mol. The summed E-state index contributed by atoms with van der Waals surface area (Å²) in [4.78, 5) is 5.34. The number of alkyl halides is 3. The zero-order chi connectivity index (χ0) is 14.8. The molecule has 0 bridgehead atoms. The van der Waals surface area contributed by atoms with Crippen LogP contribution in [-0.2, 0) is 6.18 Å². The highest BCUT2D eigenvalue weighted by molar-refractivity contribution is 5.67. The third-order valence-electron chi connectivity index (χ3n) is 3.97. The Balaban J connectivity index is 2.23. The van der Waals surface area contributed by atoms with E-state index in [1.807, 2.05) is 4.90 Å². The van der Waals surface area contributed by atoms with E-state index in [1.165, 1.54) is 0 Å². The van der Waals surface area contributed by atoms with Gasteiger partial charge in [0, 0.05) is 13.1 Å². The SMILES string of the molecule is CCC1CCCN(c2cc(C(F)(F)F)ncc2N)CC1. The van der Waals surface area contributed by atoms with Gasteiger partial charge >= 0.3 is 6.18 Å². The van der Waals surface area contributed by atoms with E-state index in [1.54, 1.807) is 0 Å². The second kappa shape index (κ2) is 5.89. The lowest BCUT2D eigenvalue weighted by Crippen LogP contribution is -2.26. The van der Waals surface area contributed by atoms with Crippen LogP contribution >= 0.6 is 0 Å². The fourth-order valence-corrected chi connectivity index (χ4v) is 2.70. The number of halogens is 3. The van der Waals surface area contributed by atoms with Gasteiger partial charge in [-0.3, -0.25) is 0 Å². The lowest BCUT2D eigenvalue weighted by molar-refractivity contribution is -0.141. The molecule has 1 aliphatic heterocycles. The fraction of sp³-hybridized carbons (Fsp3) is 0.643. The molecule has 1 aliphatic rings. The van der Waals surface area contributed by atoms with Crippen LogP contribution < -0.4 is 10.6 Å². The topological polar surface area (TPSA) is 42.2 Å². The first-order valence-electron chi connectivity index (χ1n) is 6.99.